The normalized spacial score (nSPS) is 10.9. The van der Waals surface area contributed by atoms with Crippen LogP contribution in [0.5, 0.6) is 0 Å². The monoisotopic (exact) mass is 313 g/mol. The molecule has 0 saturated heterocycles. The van der Waals surface area contributed by atoms with Crippen molar-refractivity contribution in [3.63, 3.8) is 0 Å². The zero-order chi connectivity index (χ0) is 14.5. The molecule has 0 aliphatic heterocycles. The Morgan fingerprint density at radius 2 is 2.15 bits per heavy atom. The highest BCUT2D eigenvalue weighted by molar-refractivity contribution is 7.99. The average Bonchev–Trinajstić information content (AvgIpc) is 3.02. The van der Waals surface area contributed by atoms with E-state index in [1.807, 2.05) is 11.5 Å². The smallest absolute Gasteiger partial charge is 0.313 e. The van der Waals surface area contributed by atoms with Crippen molar-refractivity contribution in [3.05, 3.63) is 5.69 Å². The van der Waals surface area contributed by atoms with Gasteiger partial charge in [-0.25, -0.2) is 0 Å². The topological polar surface area (TPSA) is 93.8 Å². The maximum atomic E-state index is 10.7. The molecular formula is C11H15N5O2S2. The van der Waals surface area contributed by atoms with E-state index in [1.54, 1.807) is 0 Å². The van der Waals surface area contributed by atoms with E-state index in [2.05, 4.69) is 26.7 Å². The Hall–Kier alpha value is -1.48. The van der Waals surface area contributed by atoms with Crippen LogP contribution in [0.25, 0.3) is 10.7 Å². The van der Waals surface area contributed by atoms with Gasteiger partial charge in [-0.1, -0.05) is 29.6 Å². The van der Waals surface area contributed by atoms with E-state index >= 15 is 0 Å². The van der Waals surface area contributed by atoms with E-state index < -0.39 is 5.97 Å². The molecule has 0 amide bonds. The van der Waals surface area contributed by atoms with Crippen molar-refractivity contribution in [2.45, 2.75) is 38.4 Å². The highest BCUT2D eigenvalue weighted by Gasteiger charge is 2.19. The molecule has 0 saturated carbocycles. The standard InChI is InChI=1S/C11H15N5O2S2/c1-3-5-7-9(20-15-12-7)10-13-14-11(16(10)4-2)19-6-8(17)18/h3-6H2,1-2H3,(H,17,18). The van der Waals surface area contributed by atoms with Crippen LogP contribution in [0.15, 0.2) is 5.16 Å². The summed E-state index contributed by atoms with van der Waals surface area (Å²) in [6.07, 6.45) is 1.83. The number of aromatic nitrogens is 5. The first kappa shape index (κ1) is 14.9. The highest BCUT2D eigenvalue weighted by Crippen LogP contribution is 2.28. The Kier molecular flexibility index (Phi) is 5.07. The molecule has 108 valence electrons. The summed E-state index contributed by atoms with van der Waals surface area (Å²) >= 11 is 2.47. The predicted molar refractivity (Wildman–Crippen MR) is 77.0 cm³/mol. The summed E-state index contributed by atoms with van der Waals surface area (Å²) in [5.41, 5.74) is 0.925. The Labute approximate surface area is 124 Å². The van der Waals surface area contributed by atoms with Gasteiger partial charge in [-0.3, -0.25) is 4.79 Å². The minimum Gasteiger partial charge on any atom is -0.481 e. The average molecular weight is 313 g/mol. The van der Waals surface area contributed by atoms with Crippen LogP contribution in [0.4, 0.5) is 0 Å². The second-order valence-corrected chi connectivity index (χ2v) is 5.73. The van der Waals surface area contributed by atoms with Crippen molar-refractivity contribution in [1.82, 2.24) is 24.4 Å². The molecule has 0 fully saturated rings. The van der Waals surface area contributed by atoms with Crippen molar-refractivity contribution in [1.29, 1.82) is 0 Å². The van der Waals surface area contributed by atoms with Gasteiger partial charge in [0, 0.05) is 6.54 Å². The molecule has 7 nitrogen and oxygen atoms in total. The summed E-state index contributed by atoms with van der Waals surface area (Å²) in [5, 5.41) is 21.7. The zero-order valence-electron chi connectivity index (χ0n) is 11.2. The summed E-state index contributed by atoms with van der Waals surface area (Å²) in [6.45, 7) is 4.74. The number of aliphatic carboxylic acids is 1. The quantitative estimate of drug-likeness (QED) is 0.781. The van der Waals surface area contributed by atoms with E-state index in [0.29, 0.717) is 11.7 Å². The summed E-state index contributed by atoms with van der Waals surface area (Å²) in [4.78, 5) is 11.6. The summed E-state index contributed by atoms with van der Waals surface area (Å²) in [6, 6.07) is 0. The molecule has 1 N–H and O–H groups in total. The summed E-state index contributed by atoms with van der Waals surface area (Å²) in [7, 11) is 0. The number of carboxylic acids is 1. The van der Waals surface area contributed by atoms with Crippen LogP contribution in [-0.2, 0) is 17.8 Å². The van der Waals surface area contributed by atoms with Gasteiger partial charge in [0.1, 0.15) is 4.88 Å². The van der Waals surface area contributed by atoms with Gasteiger partial charge in [-0.05, 0) is 24.9 Å². The van der Waals surface area contributed by atoms with Crippen molar-refractivity contribution < 1.29 is 9.90 Å². The minimum atomic E-state index is -0.867. The van der Waals surface area contributed by atoms with Gasteiger partial charge in [0.05, 0.1) is 11.4 Å². The lowest BCUT2D eigenvalue weighted by Gasteiger charge is -2.05. The van der Waals surface area contributed by atoms with Crippen molar-refractivity contribution in [3.8, 4) is 10.7 Å². The number of hydrogen-bond acceptors (Lipinski definition) is 7. The van der Waals surface area contributed by atoms with Crippen LogP contribution in [0, 0.1) is 0 Å². The first-order valence-electron chi connectivity index (χ1n) is 6.26. The van der Waals surface area contributed by atoms with E-state index in [9.17, 15) is 4.79 Å². The van der Waals surface area contributed by atoms with Gasteiger partial charge in [0.15, 0.2) is 11.0 Å². The van der Waals surface area contributed by atoms with Gasteiger partial charge in [0.25, 0.3) is 0 Å². The van der Waals surface area contributed by atoms with E-state index in [1.165, 1.54) is 23.3 Å². The first-order valence-corrected chi connectivity index (χ1v) is 8.02. The summed E-state index contributed by atoms with van der Waals surface area (Å²) < 4.78 is 5.89. The third kappa shape index (κ3) is 3.15. The number of carboxylic acid groups (broad SMARTS) is 1. The van der Waals surface area contributed by atoms with Crippen LogP contribution < -0.4 is 0 Å². The van der Waals surface area contributed by atoms with Gasteiger partial charge in [0.2, 0.25) is 0 Å². The van der Waals surface area contributed by atoms with Crippen LogP contribution in [-0.4, -0.2) is 41.2 Å². The molecule has 0 radical (unpaired) electrons. The second kappa shape index (κ2) is 6.80. The molecule has 9 heteroatoms. The number of carbonyl (C=O) groups is 1. The Morgan fingerprint density at radius 3 is 2.80 bits per heavy atom. The van der Waals surface area contributed by atoms with Crippen molar-refractivity contribution in [2.75, 3.05) is 5.75 Å². The number of aryl methyl sites for hydroxylation is 1. The predicted octanol–water partition coefficient (Wildman–Crippen LogP) is 1.95. The maximum absolute atomic E-state index is 10.7. The third-order valence-corrected chi connectivity index (χ3v) is 4.32. The molecule has 0 spiro atoms. The fourth-order valence-electron chi connectivity index (χ4n) is 1.75. The SMILES string of the molecule is CCCc1nnsc1-c1nnc(SCC(=O)O)n1CC. The highest BCUT2D eigenvalue weighted by atomic mass is 32.2. The molecule has 0 aliphatic carbocycles. The zero-order valence-corrected chi connectivity index (χ0v) is 12.9. The Balaban J connectivity index is 2.32. The Morgan fingerprint density at radius 1 is 1.35 bits per heavy atom. The number of nitrogens with zero attached hydrogens (tertiary/aromatic N) is 5. The van der Waals surface area contributed by atoms with E-state index in [0.717, 1.165) is 29.2 Å². The molecule has 0 unspecified atom stereocenters. The van der Waals surface area contributed by atoms with E-state index in [4.69, 9.17) is 5.11 Å². The molecule has 2 aromatic heterocycles. The molecule has 2 aromatic rings. The fraction of sp³-hybridized carbons (Fsp3) is 0.545. The fourth-order valence-corrected chi connectivity index (χ4v) is 3.18. The van der Waals surface area contributed by atoms with Gasteiger partial charge in [-0.2, -0.15) is 0 Å². The molecular weight excluding hydrogens is 298 g/mol. The van der Waals surface area contributed by atoms with Crippen molar-refractivity contribution in [2.24, 2.45) is 0 Å². The minimum absolute atomic E-state index is 0.0269. The largest absolute Gasteiger partial charge is 0.481 e. The number of thioether (sulfide) groups is 1. The van der Waals surface area contributed by atoms with Crippen LogP contribution in [0.3, 0.4) is 0 Å². The molecule has 0 aliphatic rings. The van der Waals surface area contributed by atoms with Gasteiger partial charge >= 0.3 is 5.97 Å². The lowest BCUT2D eigenvalue weighted by atomic mass is 10.2. The molecule has 20 heavy (non-hydrogen) atoms. The molecule has 2 rings (SSSR count). The lowest BCUT2D eigenvalue weighted by molar-refractivity contribution is -0.133. The lowest BCUT2D eigenvalue weighted by Crippen LogP contribution is -2.03. The summed E-state index contributed by atoms with van der Waals surface area (Å²) in [5.74, 6) is -0.173. The molecule has 0 atom stereocenters. The van der Waals surface area contributed by atoms with Crippen molar-refractivity contribution >= 4 is 29.3 Å². The van der Waals surface area contributed by atoms with E-state index in [-0.39, 0.29) is 5.75 Å². The van der Waals surface area contributed by atoms with Gasteiger partial charge < -0.3 is 9.67 Å². The molecule has 2 heterocycles. The number of hydrogen-bond donors (Lipinski definition) is 1. The third-order valence-electron chi connectivity index (χ3n) is 2.60. The van der Waals surface area contributed by atoms with Crippen LogP contribution >= 0.6 is 23.3 Å². The molecule has 0 bridgehead atoms. The van der Waals surface area contributed by atoms with Crippen LogP contribution in [0.2, 0.25) is 0 Å². The number of rotatable bonds is 7. The second-order valence-electron chi connectivity index (χ2n) is 4.03. The molecule has 0 aromatic carbocycles. The van der Waals surface area contributed by atoms with Crippen LogP contribution in [0.1, 0.15) is 26.0 Å². The maximum Gasteiger partial charge on any atom is 0.313 e. The Bertz CT molecular complexity index is 595. The first-order chi connectivity index (χ1) is 9.67. The van der Waals surface area contributed by atoms with Gasteiger partial charge in [-0.15, -0.1) is 15.3 Å².